The van der Waals surface area contributed by atoms with Crippen molar-refractivity contribution in [1.29, 1.82) is 0 Å². The van der Waals surface area contributed by atoms with E-state index >= 15 is 0 Å². The number of halogens is 1. The Morgan fingerprint density at radius 3 is 2.95 bits per heavy atom. The zero-order valence-corrected chi connectivity index (χ0v) is 15.2. The van der Waals surface area contributed by atoms with Crippen molar-refractivity contribution in [3.8, 4) is 10.6 Å². The van der Waals surface area contributed by atoms with Crippen molar-refractivity contribution >= 4 is 33.2 Å². The minimum absolute atomic E-state index is 0.158. The lowest BCUT2D eigenvalue weighted by atomic mass is 10.1. The Kier molecular flexibility index (Phi) is 4.64. The molecule has 2 aromatic rings. The second kappa shape index (κ2) is 6.50. The molecule has 3 nitrogen and oxygen atoms in total. The molecule has 116 valence electrons. The quantitative estimate of drug-likeness (QED) is 0.773. The van der Waals surface area contributed by atoms with Gasteiger partial charge in [0, 0.05) is 28.5 Å². The number of carbonyl (C=O) groups excluding carboxylic acids is 1. The van der Waals surface area contributed by atoms with Crippen molar-refractivity contribution < 1.29 is 4.79 Å². The van der Waals surface area contributed by atoms with Crippen LogP contribution in [-0.4, -0.2) is 28.9 Å². The van der Waals surface area contributed by atoms with Gasteiger partial charge in [-0.15, -0.1) is 11.3 Å². The van der Waals surface area contributed by atoms with Crippen molar-refractivity contribution in [3.05, 3.63) is 39.8 Å². The third kappa shape index (κ3) is 3.58. The van der Waals surface area contributed by atoms with Crippen LogP contribution in [0.1, 0.15) is 25.5 Å². The molecule has 1 atom stereocenters. The molecule has 0 radical (unpaired) electrons. The van der Waals surface area contributed by atoms with E-state index in [1.165, 1.54) is 12.8 Å². The van der Waals surface area contributed by atoms with Crippen molar-refractivity contribution in [3.63, 3.8) is 0 Å². The van der Waals surface area contributed by atoms with Crippen molar-refractivity contribution in [2.75, 3.05) is 7.05 Å². The maximum Gasteiger partial charge on any atom is 0.228 e. The molecular weight excluding hydrogens is 360 g/mol. The fourth-order valence-corrected chi connectivity index (χ4v) is 3.76. The van der Waals surface area contributed by atoms with Gasteiger partial charge >= 0.3 is 0 Å². The molecule has 5 heteroatoms. The molecule has 1 fully saturated rings. The van der Waals surface area contributed by atoms with Gasteiger partial charge in [0.2, 0.25) is 5.91 Å². The number of thiazole rings is 1. The number of hydrogen-bond donors (Lipinski definition) is 0. The monoisotopic (exact) mass is 378 g/mol. The van der Waals surface area contributed by atoms with Crippen LogP contribution in [0.15, 0.2) is 34.1 Å². The Morgan fingerprint density at radius 1 is 1.50 bits per heavy atom. The van der Waals surface area contributed by atoms with Crippen LogP contribution < -0.4 is 0 Å². The van der Waals surface area contributed by atoms with Crippen molar-refractivity contribution in [2.45, 2.75) is 32.2 Å². The van der Waals surface area contributed by atoms with E-state index in [4.69, 9.17) is 0 Å². The summed E-state index contributed by atoms with van der Waals surface area (Å²) >= 11 is 5.07. The molecule has 1 heterocycles. The van der Waals surface area contributed by atoms with Crippen LogP contribution in [-0.2, 0) is 11.2 Å². The topological polar surface area (TPSA) is 33.2 Å². The average molecular weight is 379 g/mol. The third-order valence-corrected chi connectivity index (χ3v) is 5.70. The van der Waals surface area contributed by atoms with E-state index in [-0.39, 0.29) is 5.91 Å². The Bertz CT molecular complexity index is 681. The highest BCUT2D eigenvalue weighted by atomic mass is 79.9. The van der Waals surface area contributed by atoms with Gasteiger partial charge in [0.05, 0.1) is 12.1 Å². The molecule has 1 aliphatic rings. The zero-order chi connectivity index (χ0) is 15.7. The minimum atomic E-state index is 0.158. The van der Waals surface area contributed by atoms with Crippen LogP contribution in [0.4, 0.5) is 0 Å². The number of amides is 1. The summed E-state index contributed by atoms with van der Waals surface area (Å²) in [5, 5.41) is 2.95. The molecule has 0 saturated heterocycles. The lowest BCUT2D eigenvalue weighted by Gasteiger charge is -2.24. The number of likely N-dealkylation sites (N-methyl/N-ethyl adjacent to an activating group) is 1. The summed E-state index contributed by atoms with van der Waals surface area (Å²) < 4.78 is 1.04. The number of benzene rings is 1. The van der Waals surface area contributed by atoms with Gasteiger partial charge in [-0.05, 0) is 37.8 Å². The molecule has 1 saturated carbocycles. The molecule has 0 N–H and O–H groups in total. The standard InChI is InChI=1S/C17H19BrN2OS/c1-11(12-6-7-12)20(2)16(21)9-15-10-22-17(19-15)13-4-3-5-14(18)8-13/h3-5,8,10-12H,6-7,9H2,1-2H3. The first-order valence-electron chi connectivity index (χ1n) is 7.50. The Morgan fingerprint density at radius 2 is 2.27 bits per heavy atom. The number of carbonyl (C=O) groups is 1. The first kappa shape index (κ1) is 15.7. The third-order valence-electron chi connectivity index (χ3n) is 4.26. The second-order valence-corrected chi connectivity index (χ2v) is 7.69. The van der Waals surface area contributed by atoms with Crippen LogP contribution in [0.25, 0.3) is 10.6 Å². The molecule has 1 amide bonds. The van der Waals surface area contributed by atoms with Gasteiger partial charge in [0.15, 0.2) is 0 Å². The van der Waals surface area contributed by atoms with E-state index < -0.39 is 0 Å². The van der Waals surface area contributed by atoms with Gasteiger partial charge in [-0.3, -0.25) is 4.79 Å². The van der Waals surface area contributed by atoms with Gasteiger partial charge < -0.3 is 4.90 Å². The maximum atomic E-state index is 12.4. The zero-order valence-electron chi connectivity index (χ0n) is 12.8. The predicted molar refractivity (Wildman–Crippen MR) is 93.9 cm³/mol. The lowest BCUT2D eigenvalue weighted by molar-refractivity contribution is -0.131. The van der Waals surface area contributed by atoms with Crippen molar-refractivity contribution in [1.82, 2.24) is 9.88 Å². The van der Waals surface area contributed by atoms with Crippen LogP contribution in [0, 0.1) is 5.92 Å². The minimum Gasteiger partial charge on any atom is -0.342 e. The Labute approximate surface area is 143 Å². The molecular formula is C17H19BrN2OS. The Hall–Kier alpha value is -1.20. The number of nitrogens with zero attached hydrogens (tertiary/aromatic N) is 2. The smallest absolute Gasteiger partial charge is 0.228 e. The summed E-state index contributed by atoms with van der Waals surface area (Å²) in [6, 6.07) is 8.42. The normalized spacial score (nSPS) is 15.6. The van der Waals surface area contributed by atoms with E-state index in [1.54, 1.807) is 11.3 Å². The van der Waals surface area contributed by atoms with Gasteiger partial charge in [0.25, 0.3) is 0 Å². The summed E-state index contributed by atoms with van der Waals surface area (Å²) in [4.78, 5) is 18.9. The highest BCUT2D eigenvalue weighted by Gasteiger charge is 2.32. The van der Waals surface area contributed by atoms with Gasteiger partial charge in [-0.2, -0.15) is 0 Å². The molecule has 3 rings (SSSR count). The summed E-state index contributed by atoms with van der Waals surface area (Å²) in [5.74, 6) is 0.854. The summed E-state index contributed by atoms with van der Waals surface area (Å²) in [7, 11) is 1.91. The maximum absolute atomic E-state index is 12.4. The molecule has 0 spiro atoms. The van der Waals surface area contributed by atoms with Crippen LogP contribution in [0.5, 0.6) is 0 Å². The average Bonchev–Trinajstić information content (AvgIpc) is 3.25. The second-order valence-electron chi connectivity index (χ2n) is 5.91. The Balaban J connectivity index is 1.67. The van der Waals surface area contributed by atoms with E-state index in [1.807, 2.05) is 41.6 Å². The van der Waals surface area contributed by atoms with Gasteiger partial charge in [-0.25, -0.2) is 4.98 Å². The summed E-state index contributed by atoms with van der Waals surface area (Å²) in [6.07, 6.45) is 2.89. The highest BCUT2D eigenvalue weighted by molar-refractivity contribution is 9.10. The molecule has 1 unspecified atom stereocenters. The van der Waals surface area contributed by atoms with E-state index in [9.17, 15) is 4.79 Å². The predicted octanol–water partition coefficient (Wildman–Crippen LogP) is 4.37. The highest BCUT2D eigenvalue weighted by Crippen LogP contribution is 2.35. The van der Waals surface area contributed by atoms with E-state index in [0.29, 0.717) is 18.4 Å². The number of hydrogen-bond acceptors (Lipinski definition) is 3. The molecule has 1 aromatic heterocycles. The number of rotatable bonds is 5. The molecule has 1 aliphatic carbocycles. The molecule has 0 aliphatic heterocycles. The van der Waals surface area contributed by atoms with E-state index in [2.05, 4.69) is 27.8 Å². The first-order chi connectivity index (χ1) is 10.5. The van der Waals surface area contributed by atoms with Crippen LogP contribution in [0.3, 0.4) is 0 Å². The number of aromatic nitrogens is 1. The summed E-state index contributed by atoms with van der Waals surface area (Å²) in [6.45, 7) is 2.14. The first-order valence-corrected chi connectivity index (χ1v) is 9.18. The summed E-state index contributed by atoms with van der Waals surface area (Å²) in [5.41, 5.74) is 1.94. The fraction of sp³-hybridized carbons (Fsp3) is 0.412. The van der Waals surface area contributed by atoms with Gasteiger partial charge in [0.1, 0.15) is 5.01 Å². The van der Waals surface area contributed by atoms with Crippen LogP contribution in [0.2, 0.25) is 0 Å². The van der Waals surface area contributed by atoms with Gasteiger partial charge in [-0.1, -0.05) is 28.1 Å². The lowest BCUT2D eigenvalue weighted by Crippen LogP contribution is -2.37. The fourth-order valence-electron chi connectivity index (χ4n) is 2.54. The molecule has 1 aromatic carbocycles. The van der Waals surface area contributed by atoms with Crippen LogP contribution >= 0.6 is 27.3 Å². The van der Waals surface area contributed by atoms with Crippen molar-refractivity contribution in [2.24, 2.45) is 5.92 Å². The molecule has 0 bridgehead atoms. The van der Waals surface area contributed by atoms with E-state index in [0.717, 1.165) is 20.7 Å². The largest absolute Gasteiger partial charge is 0.342 e. The molecule has 22 heavy (non-hydrogen) atoms. The SMILES string of the molecule is CC(C1CC1)N(C)C(=O)Cc1csc(-c2cccc(Br)c2)n1.